The van der Waals surface area contributed by atoms with E-state index >= 15 is 0 Å². The van der Waals surface area contributed by atoms with Gasteiger partial charge in [0.15, 0.2) is 5.16 Å². The normalized spacial score (nSPS) is 16.7. The van der Waals surface area contributed by atoms with Crippen LogP contribution in [0.5, 0.6) is 0 Å². The van der Waals surface area contributed by atoms with Crippen LogP contribution in [0.25, 0.3) is 11.0 Å². The highest BCUT2D eigenvalue weighted by Crippen LogP contribution is 2.40. The summed E-state index contributed by atoms with van der Waals surface area (Å²) in [6.07, 6.45) is 4.40. The lowest BCUT2D eigenvalue weighted by Crippen LogP contribution is -2.43. The van der Waals surface area contributed by atoms with Crippen LogP contribution in [-0.2, 0) is 11.3 Å². The fourth-order valence-electron chi connectivity index (χ4n) is 5.16. The molecular weight excluding hydrogens is 436 g/mol. The smallest absolute Gasteiger partial charge is 0.253 e. The first-order valence-electron chi connectivity index (χ1n) is 11.4. The summed E-state index contributed by atoms with van der Waals surface area (Å²) in [7, 11) is -1.95. The molecule has 0 bridgehead atoms. The van der Waals surface area contributed by atoms with E-state index in [4.69, 9.17) is 0 Å². The van der Waals surface area contributed by atoms with E-state index in [1.807, 2.05) is 6.26 Å². The van der Waals surface area contributed by atoms with Crippen molar-refractivity contribution in [3.63, 3.8) is 0 Å². The molecule has 1 aliphatic rings. The van der Waals surface area contributed by atoms with Crippen LogP contribution in [0.3, 0.4) is 0 Å². The predicted octanol–water partition coefficient (Wildman–Crippen LogP) is 4.22. The summed E-state index contributed by atoms with van der Waals surface area (Å²) in [6.45, 7) is 14.6. The van der Waals surface area contributed by atoms with Crippen LogP contribution in [0.2, 0.25) is 16.6 Å². The number of carbonyl (C=O) groups excluding carboxylic acids is 1. The fraction of sp³-hybridized carbons (Fsp3) is 0.583. The van der Waals surface area contributed by atoms with E-state index in [1.165, 1.54) is 11.8 Å². The van der Waals surface area contributed by atoms with Crippen molar-refractivity contribution in [2.45, 2.75) is 76.3 Å². The average molecular weight is 471 g/mol. The topological polar surface area (TPSA) is 76.9 Å². The van der Waals surface area contributed by atoms with E-state index < -0.39 is 8.07 Å². The van der Waals surface area contributed by atoms with Gasteiger partial charge in [-0.25, -0.2) is 9.97 Å². The molecule has 172 valence electrons. The molecule has 8 heteroatoms. The average Bonchev–Trinajstić information content (AvgIpc) is 3.14. The number of fused-ring (bicyclic) bond motifs is 1. The maximum atomic E-state index is 13.2. The highest BCUT2D eigenvalue weighted by Gasteiger charge is 2.41. The van der Waals surface area contributed by atoms with Gasteiger partial charge in [-0.2, -0.15) is 0 Å². The summed E-state index contributed by atoms with van der Waals surface area (Å²) in [6, 6.07) is 1.60. The summed E-state index contributed by atoms with van der Waals surface area (Å²) < 4.78 is 1.62. The Kier molecular flexibility index (Phi) is 7.51. The van der Waals surface area contributed by atoms with Gasteiger partial charge < -0.3 is 5.32 Å². The van der Waals surface area contributed by atoms with E-state index in [0.717, 1.165) is 11.8 Å². The highest BCUT2D eigenvalue weighted by atomic mass is 32.2. The molecular formula is C24H34N4O2SSi. The van der Waals surface area contributed by atoms with Crippen molar-refractivity contribution in [1.82, 2.24) is 19.9 Å². The zero-order valence-electron chi connectivity index (χ0n) is 20.2. The van der Waals surface area contributed by atoms with Crippen LogP contribution >= 0.6 is 11.8 Å². The monoisotopic (exact) mass is 470 g/mol. The molecule has 3 heterocycles. The molecule has 1 unspecified atom stereocenters. The quantitative estimate of drug-likeness (QED) is 0.296. The molecule has 1 aliphatic heterocycles. The minimum absolute atomic E-state index is 0.00496. The maximum Gasteiger partial charge on any atom is 0.253 e. The number of amides is 1. The second-order valence-corrected chi connectivity index (χ2v) is 15.9. The van der Waals surface area contributed by atoms with Crippen molar-refractivity contribution >= 4 is 36.8 Å². The maximum absolute atomic E-state index is 13.2. The van der Waals surface area contributed by atoms with Gasteiger partial charge in [-0.3, -0.25) is 14.2 Å². The summed E-state index contributed by atoms with van der Waals surface area (Å²) in [5, 5.41) is 4.22. The number of nitrogens with zero attached hydrogens (tertiary/aromatic N) is 3. The number of thioether (sulfide) groups is 1. The Morgan fingerprint density at radius 2 is 1.84 bits per heavy atom. The molecule has 1 atom stereocenters. The summed E-state index contributed by atoms with van der Waals surface area (Å²) in [5.41, 5.74) is 6.29. The molecule has 0 saturated carbocycles. The molecule has 1 amide bonds. The van der Waals surface area contributed by atoms with Crippen LogP contribution in [0, 0.1) is 17.4 Å². The van der Waals surface area contributed by atoms with E-state index in [9.17, 15) is 9.59 Å². The van der Waals surface area contributed by atoms with Gasteiger partial charge in [0.2, 0.25) is 5.91 Å². The Morgan fingerprint density at radius 1 is 1.19 bits per heavy atom. The van der Waals surface area contributed by atoms with E-state index in [0.29, 0.717) is 46.1 Å². The van der Waals surface area contributed by atoms with Crippen molar-refractivity contribution in [3.8, 4) is 11.5 Å². The summed E-state index contributed by atoms with van der Waals surface area (Å²) in [5.74, 6) is 3.19. The van der Waals surface area contributed by atoms with Gasteiger partial charge in [0.25, 0.3) is 5.56 Å². The molecule has 2 aromatic heterocycles. The third-order valence-electron chi connectivity index (χ3n) is 6.85. The molecule has 1 N–H and O–H groups in total. The minimum atomic E-state index is -1.95. The van der Waals surface area contributed by atoms with Crippen LogP contribution in [0.1, 0.15) is 53.5 Å². The fourth-order valence-corrected chi connectivity index (χ4v) is 10.7. The lowest BCUT2D eigenvalue weighted by molar-refractivity contribution is -0.122. The van der Waals surface area contributed by atoms with Crippen molar-refractivity contribution in [2.75, 3.05) is 12.8 Å². The highest BCUT2D eigenvalue weighted by molar-refractivity contribution is 7.98. The molecule has 3 rings (SSSR count). The molecule has 0 aromatic carbocycles. The largest absolute Gasteiger partial charge is 0.356 e. The summed E-state index contributed by atoms with van der Waals surface area (Å²) >= 11 is 1.43. The SMILES string of the molecule is CSc1ncc2c(C#C[Si](C(C)C)(C(C)C)C(C)C)cc(=O)n(CC3CCNC3=O)c2n1. The van der Waals surface area contributed by atoms with Crippen LogP contribution < -0.4 is 10.9 Å². The minimum Gasteiger partial charge on any atom is -0.356 e. The Balaban J connectivity index is 2.20. The van der Waals surface area contributed by atoms with Gasteiger partial charge in [0.1, 0.15) is 13.7 Å². The second kappa shape index (κ2) is 9.80. The standard InChI is InChI=1S/C24H34N4O2SSi/c1-15(2)32(16(3)4,17(5)6)11-9-18-12-21(29)28(14-19-8-10-25-23(19)30)22-20(18)13-26-24(27-22)31-7/h12-13,15-17,19H,8,10,14H2,1-7H3,(H,25,30). The lowest BCUT2D eigenvalue weighted by Gasteiger charge is -2.38. The van der Waals surface area contributed by atoms with E-state index in [1.54, 1.807) is 16.8 Å². The number of aromatic nitrogens is 3. The number of hydrogen-bond donors (Lipinski definition) is 1. The number of carbonyl (C=O) groups is 1. The molecule has 2 aromatic rings. The first-order chi connectivity index (χ1) is 15.1. The molecule has 32 heavy (non-hydrogen) atoms. The zero-order valence-corrected chi connectivity index (χ0v) is 22.0. The van der Waals surface area contributed by atoms with Crippen molar-refractivity contribution in [2.24, 2.45) is 5.92 Å². The molecule has 1 saturated heterocycles. The van der Waals surface area contributed by atoms with Crippen LogP contribution in [0.4, 0.5) is 0 Å². The summed E-state index contributed by atoms with van der Waals surface area (Å²) in [4.78, 5) is 34.4. The van der Waals surface area contributed by atoms with Crippen molar-refractivity contribution < 1.29 is 4.79 Å². The number of nitrogens with one attached hydrogen (secondary N) is 1. The third kappa shape index (κ3) is 4.51. The van der Waals surface area contributed by atoms with Gasteiger partial charge in [-0.05, 0) is 29.3 Å². The van der Waals surface area contributed by atoms with Gasteiger partial charge in [0.05, 0.1) is 11.3 Å². The Morgan fingerprint density at radius 3 is 2.38 bits per heavy atom. The predicted molar refractivity (Wildman–Crippen MR) is 135 cm³/mol. The van der Waals surface area contributed by atoms with Crippen molar-refractivity contribution in [1.29, 1.82) is 0 Å². The lowest BCUT2D eigenvalue weighted by atomic mass is 10.1. The van der Waals surface area contributed by atoms with Crippen LogP contribution in [-0.4, -0.2) is 41.3 Å². The number of hydrogen-bond acceptors (Lipinski definition) is 5. The number of pyridine rings is 1. The molecule has 0 spiro atoms. The Labute approximate surface area is 196 Å². The molecule has 1 fully saturated rings. The van der Waals surface area contributed by atoms with Crippen LogP contribution in [0.15, 0.2) is 22.2 Å². The van der Waals surface area contributed by atoms with Gasteiger partial charge in [-0.15, -0.1) is 5.54 Å². The Bertz CT molecular complexity index is 1110. The third-order valence-corrected chi connectivity index (χ3v) is 13.7. The molecule has 6 nitrogen and oxygen atoms in total. The van der Waals surface area contributed by atoms with E-state index in [2.05, 4.69) is 68.3 Å². The first-order valence-corrected chi connectivity index (χ1v) is 14.8. The van der Waals surface area contributed by atoms with Gasteiger partial charge in [0, 0.05) is 30.9 Å². The first kappa shape index (κ1) is 24.5. The Hall–Kier alpha value is -2.11. The van der Waals surface area contributed by atoms with Gasteiger partial charge in [-0.1, -0.05) is 59.2 Å². The molecule has 0 aliphatic carbocycles. The van der Waals surface area contributed by atoms with Crippen molar-refractivity contribution in [3.05, 3.63) is 28.2 Å². The van der Waals surface area contributed by atoms with E-state index in [-0.39, 0.29) is 17.4 Å². The second-order valence-electron chi connectivity index (χ2n) is 9.52. The molecule has 0 radical (unpaired) electrons. The zero-order chi connectivity index (χ0) is 23.6. The van der Waals surface area contributed by atoms with Gasteiger partial charge >= 0.3 is 0 Å². The number of rotatable bonds is 6.